The lowest BCUT2D eigenvalue weighted by molar-refractivity contribution is 0.0936. The van der Waals surface area contributed by atoms with Crippen molar-refractivity contribution in [3.63, 3.8) is 0 Å². The standard InChI is InChI=1S/C13H17N5O/c14-12-9(8-16-17-12)7-15-13(19)11-5-2-6-18(11)10-3-1-4-10/h2,5-6,8,10H,1,3-4,7H2,(H,15,19)(H3,14,16,17). The first kappa shape index (κ1) is 11.8. The molecule has 1 saturated carbocycles. The molecule has 2 aromatic heterocycles. The molecule has 0 spiro atoms. The Morgan fingerprint density at radius 3 is 3.05 bits per heavy atom. The molecule has 0 atom stereocenters. The second-order valence-electron chi connectivity index (χ2n) is 4.88. The van der Waals surface area contributed by atoms with Crippen molar-refractivity contribution in [1.82, 2.24) is 20.1 Å². The molecule has 0 bridgehead atoms. The predicted octanol–water partition coefficient (Wildman–Crippen LogP) is 1.45. The zero-order valence-electron chi connectivity index (χ0n) is 10.6. The van der Waals surface area contributed by atoms with Crippen LogP contribution in [0.2, 0.25) is 0 Å². The highest BCUT2D eigenvalue weighted by atomic mass is 16.1. The monoisotopic (exact) mass is 259 g/mol. The molecule has 19 heavy (non-hydrogen) atoms. The predicted molar refractivity (Wildman–Crippen MR) is 71.5 cm³/mol. The SMILES string of the molecule is Nc1[nH]ncc1CNC(=O)c1cccn1C1CCC1. The molecular formula is C13H17N5O. The van der Waals surface area contributed by atoms with Gasteiger partial charge in [0.1, 0.15) is 11.5 Å². The van der Waals surface area contributed by atoms with Crippen LogP contribution >= 0.6 is 0 Å². The largest absolute Gasteiger partial charge is 0.384 e. The smallest absolute Gasteiger partial charge is 0.268 e. The Morgan fingerprint density at radius 1 is 1.58 bits per heavy atom. The maximum absolute atomic E-state index is 12.2. The molecule has 6 heteroatoms. The fourth-order valence-electron chi connectivity index (χ4n) is 2.30. The third-order valence-corrected chi connectivity index (χ3v) is 3.67. The Balaban J connectivity index is 1.67. The maximum Gasteiger partial charge on any atom is 0.268 e. The molecule has 0 unspecified atom stereocenters. The van der Waals surface area contributed by atoms with E-state index in [9.17, 15) is 4.79 Å². The number of H-pyrrole nitrogens is 1. The summed E-state index contributed by atoms with van der Waals surface area (Å²) in [6.45, 7) is 0.386. The van der Waals surface area contributed by atoms with Crippen LogP contribution in [0.15, 0.2) is 24.5 Å². The van der Waals surface area contributed by atoms with Gasteiger partial charge in [-0.25, -0.2) is 0 Å². The van der Waals surface area contributed by atoms with E-state index < -0.39 is 0 Å². The van der Waals surface area contributed by atoms with Crippen LogP contribution in [-0.2, 0) is 6.54 Å². The fourth-order valence-corrected chi connectivity index (χ4v) is 2.30. The average Bonchev–Trinajstić information content (AvgIpc) is 2.93. The quantitative estimate of drug-likeness (QED) is 0.776. The molecule has 2 aromatic rings. The van der Waals surface area contributed by atoms with E-state index in [2.05, 4.69) is 20.1 Å². The van der Waals surface area contributed by atoms with Gasteiger partial charge in [0, 0.05) is 24.3 Å². The minimum Gasteiger partial charge on any atom is -0.384 e. The highest BCUT2D eigenvalue weighted by Crippen LogP contribution is 2.32. The van der Waals surface area contributed by atoms with Crippen molar-refractivity contribution in [2.75, 3.05) is 5.73 Å². The highest BCUT2D eigenvalue weighted by Gasteiger charge is 2.23. The fraction of sp³-hybridized carbons (Fsp3) is 0.385. The second kappa shape index (κ2) is 4.79. The molecule has 0 aliphatic heterocycles. The number of hydrogen-bond donors (Lipinski definition) is 3. The number of hydrogen-bond acceptors (Lipinski definition) is 3. The summed E-state index contributed by atoms with van der Waals surface area (Å²) >= 11 is 0. The van der Waals surface area contributed by atoms with E-state index in [1.54, 1.807) is 6.20 Å². The van der Waals surface area contributed by atoms with Crippen molar-refractivity contribution in [2.45, 2.75) is 31.8 Å². The third-order valence-electron chi connectivity index (χ3n) is 3.67. The Labute approximate surface area is 111 Å². The molecule has 0 saturated heterocycles. The van der Waals surface area contributed by atoms with Gasteiger partial charge in [0.2, 0.25) is 0 Å². The number of nitrogen functional groups attached to an aromatic ring is 1. The van der Waals surface area contributed by atoms with Gasteiger partial charge in [-0.1, -0.05) is 0 Å². The summed E-state index contributed by atoms with van der Waals surface area (Å²) < 4.78 is 2.07. The Kier molecular flexibility index (Phi) is 2.98. The molecule has 4 N–H and O–H groups in total. The van der Waals surface area contributed by atoms with E-state index in [-0.39, 0.29) is 5.91 Å². The zero-order chi connectivity index (χ0) is 13.2. The number of aromatic amines is 1. The summed E-state index contributed by atoms with van der Waals surface area (Å²) in [6, 6.07) is 4.25. The summed E-state index contributed by atoms with van der Waals surface area (Å²) in [5.74, 6) is 0.423. The molecule has 1 aliphatic carbocycles. The minimum absolute atomic E-state index is 0.0718. The van der Waals surface area contributed by atoms with Crippen LogP contribution in [0.5, 0.6) is 0 Å². The van der Waals surface area contributed by atoms with Crippen molar-refractivity contribution >= 4 is 11.7 Å². The molecule has 100 valence electrons. The number of rotatable bonds is 4. The normalized spacial score (nSPS) is 15.2. The van der Waals surface area contributed by atoms with Gasteiger partial charge in [0.25, 0.3) is 5.91 Å². The first-order valence-corrected chi connectivity index (χ1v) is 6.48. The first-order valence-electron chi connectivity index (χ1n) is 6.48. The van der Waals surface area contributed by atoms with Crippen molar-refractivity contribution in [1.29, 1.82) is 0 Å². The number of amides is 1. The van der Waals surface area contributed by atoms with Gasteiger partial charge in [-0.3, -0.25) is 9.89 Å². The van der Waals surface area contributed by atoms with Gasteiger partial charge in [0.15, 0.2) is 0 Å². The van der Waals surface area contributed by atoms with Gasteiger partial charge in [-0.2, -0.15) is 5.10 Å². The lowest BCUT2D eigenvalue weighted by Gasteiger charge is -2.28. The molecule has 6 nitrogen and oxygen atoms in total. The number of nitrogens with one attached hydrogen (secondary N) is 2. The average molecular weight is 259 g/mol. The zero-order valence-corrected chi connectivity index (χ0v) is 10.6. The van der Waals surface area contributed by atoms with E-state index in [1.165, 1.54) is 6.42 Å². The molecular weight excluding hydrogens is 242 g/mol. The lowest BCUT2D eigenvalue weighted by Crippen LogP contribution is -2.28. The van der Waals surface area contributed by atoms with E-state index in [0.717, 1.165) is 18.4 Å². The van der Waals surface area contributed by atoms with Crippen LogP contribution < -0.4 is 11.1 Å². The number of aromatic nitrogens is 3. The summed E-state index contributed by atoms with van der Waals surface area (Å²) in [5, 5.41) is 9.34. The van der Waals surface area contributed by atoms with Crippen LogP contribution in [0, 0.1) is 0 Å². The number of carbonyl (C=O) groups is 1. The number of nitrogens with two attached hydrogens (primary N) is 1. The van der Waals surface area contributed by atoms with Crippen LogP contribution in [0.3, 0.4) is 0 Å². The number of nitrogens with zero attached hydrogens (tertiary/aromatic N) is 2. The van der Waals surface area contributed by atoms with E-state index in [4.69, 9.17) is 5.73 Å². The van der Waals surface area contributed by atoms with Crippen LogP contribution in [0.25, 0.3) is 0 Å². The van der Waals surface area contributed by atoms with Crippen molar-refractivity contribution in [2.24, 2.45) is 0 Å². The molecule has 3 rings (SSSR count). The molecule has 2 heterocycles. The summed E-state index contributed by atoms with van der Waals surface area (Å²) in [7, 11) is 0. The lowest BCUT2D eigenvalue weighted by atomic mass is 9.93. The molecule has 0 aromatic carbocycles. The molecule has 1 amide bonds. The van der Waals surface area contributed by atoms with Crippen molar-refractivity contribution < 1.29 is 4.79 Å². The number of anilines is 1. The van der Waals surface area contributed by atoms with Crippen LogP contribution in [0.4, 0.5) is 5.82 Å². The summed E-state index contributed by atoms with van der Waals surface area (Å²) in [4.78, 5) is 12.2. The molecule has 1 fully saturated rings. The maximum atomic E-state index is 12.2. The van der Waals surface area contributed by atoms with E-state index in [1.807, 2.05) is 18.3 Å². The van der Waals surface area contributed by atoms with Gasteiger partial charge in [-0.15, -0.1) is 0 Å². The van der Waals surface area contributed by atoms with Crippen LogP contribution in [-0.4, -0.2) is 20.7 Å². The minimum atomic E-state index is -0.0718. The topological polar surface area (TPSA) is 88.7 Å². The first-order chi connectivity index (χ1) is 9.25. The van der Waals surface area contributed by atoms with Gasteiger partial charge in [0.05, 0.1) is 6.20 Å². The van der Waals surface area contributed by atoms with Crippen molar-refractivity contribution in [3.8, 4) is 0 Å². The Morgan fingerprint density at radius 2 is 2.42 bits per heavy atom. The Bertz CT molecular complexity index is 581. The second-order valence-corrected chi connectivity index (χ2v) is 4.88. The van der Waals surface area contributed by atoms with Crippen molar-refractivity contribution in [3.05, 3.63) is 35.8 Å². The van der Waals surface area contributed by atoms with E-state index >= 15 is 0 Å². The summed E-state index contributed by atoms with van der Waals surface area (Å²) in [6.07, 6.45) is 7.16. The van der Waals surface area contributed by atoms with Gasteiger partial charge < -0.3 is 15.6 Å². The van der Waals surface area contributed by atoms with Gasteiger partial charge >= 0.3 is 0 Å². The van der Waals surface area contributed by atoms with Gasteiger partial charge in [-0.05, 0) is 31.4 Å². The van der Waals surface area contributed by atoms with E-state index in [0.29, 0.717) is 24.1 Å². The number of carbonyl (C=O) groups excluding carboxylic acids is 1. The van der Waals surface area contributed by atoms with Crippen LogP contribution in [0.1, 0.15) is 41.4 Å². The molecule has 0 radical (unpaired) electrons. The summed E-state index contributed by atoms with van der Waals surface area (Å²) in [5.41, 5.74) is 7.20. The Hall–Kier alpha value is -2.24. The molecule has 1 aliphatic rings. The highest BCUT2D eigenvalue weighted by molar-refractivity contribution is 5.92. The third kappa shape index (κ3) is 2.21.